The smallest absolute Gasteiger partial charge is 0.308 e. The summed E-state index contributed by atoms with van der Waals surface area (Å²) in [7, 11) is 1.84. The van der Waals surface area contributed by atoms with Gasteiger partial charge in [-0.1, -0.05) is 18.2 Å². The predicted molar refractivity (Wildman–Crippen MR) is 92.0 cm³/mol. The Kier molecular flexibility index (Phi) is 6.11. The van der Waals surface area contributed by atoms with E-state index >= 15 is 0 Å². The molecule has 0 saturated heterocycles. The molecular formula is C15H16BrN3O2S. The number of carbonyl (C=O) groups is 2. The Labute approximate surface area is 141 Å². The van der Waals surface area contributed by atoms with E-state index < -0.39 is 6.03 Å². The number of para-hydroxylation sites is 1. The zero-order valence-electron chi connectivity index (χ0n) is 12.0. The van der Waals surface area contributed by atoms with Gasteiger partial charge in [-0.3, -0.25) is 15.0 Å². The Hall–Kier alpha value is -1.70. The number of rotatable bonds is 5. The summed E-state index contributed by atoms with van der Waals surface area (Å²) in [4.78, 5) is 26.5. The summed E-state index contributed by atoms with van der Waals surface area (Å²) >= 11 is 5.03. The minimum absolute atomic E-state index is 0.151. The minimum atomic E-state index is -0.525. The number of nitrogens with zero attached hydrogens (tertiary/aromatic N) is 1. The molecule has 0 saturated carbocycles. The Morgan fingerprint density at radius 1 is 1.18 bits per heavy atom. The maximum absolute atomic E-state index is 11.8. The van der Waals surface area contributed by atoms with Gasteiger partial charge in [-0.25, -0.2) is 4.79 Å². The average molecular weight is 382 g/mol. The van der Waals surface area contributed by atoms with Crippen LogP contribution in [0.5, 0.6) is 0 Å². The summed E-state index contributed by atoms with van der Waals surface area (Å²) < 4.78 is 1.06. The number of anilines is 1. The number of carbonyl (C=O) groups excluding carboxylic acids is 2. The van der Waals surface area contributed by atoms with Gasteiger partial charge in [0, 0.05) is 17.1 Å². The molecule has 2 aromatic rings. The van der Waals surface area contributed by atoms with Crippen molar-refractivity contribution in [2.75, 3.05) is 18.9 Å². The number of urea groups is 1. The minimum Gasteiger partial charge on any atom is -0.308 e. The summed E-state index contributed by atoms with van der Waals surface area (Å²) in [5.41, 5.74) is 0.643. The van der Waals surface area contributed by atoms with Crippen LogP contribution in [0.25, 0.3) is 0 Å². The fourth-order valence-electron chi connectivity index (χ4n) is 1.85. The summed E-state index contributed by atoms with van der Waals surface area (Å²) in [5.74, 6) is -0.341. The lowest BCUT2D eigenvalue weighted by atomic mass is 10.3. The van der Waals surface area contributed by atoms with Crippen LogP contribution in [-0.4, -0.2) is 30.4 Å². The number of thiophene rings is 1. The van der Waals surface area contributed by atoms with Crippen molar-refractivity contribution in [3.63, 3.8) is 0 Å². The third-order valence-electron chi connectivity index (χ3n) is 2.75. The first-order chi connectivity index (χ1) is 10.5. The third kappa shape index (κ3) is 5.59. The topological polar surface area (TPSA) is 61.4 Å². The highest BCUT2D eigenvalue weighted by Gasteiger charge is 2.11. The zero-order chi connectivity index (χ0) is 15.9. The van der Waals surface area contributed by atoms with Gasteiger partial charge < -0.3 is 5.32 Å². The van der Waals surface area contributed by atoms with Crippen LogP contribution in [0.3, 0.4) is 0 Å². The Balaban J connectivity index is 1.76. The Morgan fingerprint density at radius 2 is 1.91 bits per heavy atom. The lowest BCUT2D eigenvalue weighted by Gasteiger charge is -2.15. The molecule has 0 aliphatic carbocycles. The van der Waals surface area contributed by atoms with Crippen molar-refractivity contribution in [2.45, 2.75) is 6.54 Å². The van der Waals surface area contributed by atoms with Gasteiger partial charge in [-0.2, -0.15) is 0 Å². The first-order valence-electron chi connectivity index (χ1n) is 6.61. The summed E-state index contributed by atoms with van der Waals surface area (Å²) in [6.45, 7) is 0.807. The number of likely N-dealkylation sites (N-methyl/N-ethyl adjacent to an activating group) is 1. The number of imide groups is 1. The summed E-state index contributed by atoms with van der Waals surface area (Å²) in [5, 5.41) is 4.92. The molecule has 0 unspecified atom stereocenters. The molecule has 22 heavy (non-hydrogen) atoms. The van der Waals surface area contributed by atoms with E-state index in [2.05, 4.69) is 26.6 Å². The molecule has 0 fully saturated rings. The van der Waals surface area contributed by atoms with Crippen LogP contribution >= 0.6 is 27.3 Å². The lowest BCUT2D eigenvalue weighted by molar-refractivity contribution is -0.120. The van der Waals surface area contributed by atoms with Gasteiger partial charge in [0.25, 0.3) is 0 Å². The molecule has 0 bridgehead atoms. The van der Waals surface area contributed by atoms with E-state index in [4.69, 9.17) is 0 Å². The van der Waals surface area contributed by atoms with Gasteiger partial charge >= 0.3 is 6.03 Å². The van der Waals surface area contributed by atoms with Crippen LogP contribution in [0.4, 0.5) is 10.5 Å². The second kappa shape index (κ2) is 8.07. The highest BCUT2D eigenvalue weighted by Crippen LogP contribution is 2.22. The average Bonchev–Trinajstić information content (AvgIpc) is 2.84. The SMILES string of the molecule is CN(CC(=O)NC(=O)Nc1ccccc1)Cc1ccc(Br)s1. The van der Waals surface area contributed by atoms with Crippen molar-refractivity contribution >= 4 is 44.9 Å². The molecule has 3 amide bonds. The maximum atomic E-state index is 11.8. The van der Waals surface area contributed by atoms with Crippen LogP contribution in [0.1, 0.15) is 4.88 Å². The number of amides is 3. The van der Waals surface area contributed by atoms with Crippen molar-refractivity contribution in [3.8, 4) is 0 Å². The largest absolute Gasteiger partial charge is 0.325 e. The van der Waals surface area contributed by atoms with Gasteiger partial charge in [-0.15, -0.1) is 11.3 Å². The Bertz CT molecular complexity index is 645. The molecule has 0 spiro atoms. The standard InChI is InChI=1S/C15H16BrN3O2S/c1-19(9-12-7-8-13(16)22-12)10-14(20)18-15(21)17-11-5-3-2-4-6-11/h2-8H,9-10H2,1H3,(H2,17,18,20,21). The van der Waals surface area contributed by atoms with Gasteiger partial charge in [0.15, 0.2) is 0 Å². The van der Waals surface area contributed by atoms with E-state index in [9.17, 15) is 9.59 Å². The molecule has 2 N–H and O–H groups in total. The fraction of sp³-hybridized carbons (Fsp3) is 0.200. The molecule has 1 aromatic heterocycles. The molecule has 5 nitrogen and oxygen atoms in total. The molecule has 2 rings (SSSR count). The normalized spacial score (nSPS) is 10.5. The van der Waals surface area contributed by atoms with Gasteiger partial charge in [-0.05, 0) is 47.2 Å². The molecule has 1 heterocycles. The molecular weight excluding hydrogens is 366 g/mol. The molecule has 7 heteroatoms. The van der Waals surface area contributed by atoms with E-state index in [-0.39, 0.29) is 12.5 Å². The number of hydrogen-bond donors (Lipinski definition) is 2. The van der Waals surface area contributed by atoms with Gasteiger partial charge in [0.2, 0.25) is 5.91 Å². The van der Waals surface area contributed by atoms with Crippen LogP contribution in [0, 0.1) is 0 Å². The molecule has 116 valence electrons. The van der Waals surface area contributed by atoms with Gasteiger partial charge in [0.05, 0.1) is 10.3 Å². The maximum Gasteiger partial charge on any atom is 0.325 e. The van der Waals surface area contributed by atoms with Gasteiger partial charge in [0.1, 0.15) is 0 Å². The first kappa shape index (κ1) is 16.7. The van der Waals surface area contributed by atoms with Crippen LogP contribution in [-0.2, 0) is 11.3 Å². The van der Waals surface area contributed by atoms with Crippen molar-refractivity contribution in [3.05, 3.63) is 51.1 Å². The molecule has 1 aromatic carbocycles. The fourth-order valence-corrected chi connectivity index (χ4v) is 3.42. The number of benzene rings is 1. The molecule has 0 atom stereocenters. The lowest BCUT2D eigenvalue weighted by Crippen LogP contribution is -2.40. The van der Waals surface area contributed by atoms with Crippen molar-refractivity contribution in [1.82, 2.24) is 10.2 Å². The third-order valence-corrected chi connectivity index (χ3v) is 4.36. The van der Waals surface area contributed by atoms with Crippen molar-refractivity contribution in [2.24, 2.45) is 0 Å². The zero-order valence-corrected chi connectivity index (χ0v) is 14.4. The molecule has 0 radical (unpaired) electrons. The predicted octanol–water partition coefficient (Wildman–Crippen LogP) is 3.29. The molecule has 0 aliphatic heterocycles. The van der Waals surface area contributed by atoms with Crippen LogP contribution in [0.2, 0.25) is 0 Å². The summed E-state index contributed by atoms with van der Waals surface area (Å²) in [6.07, 6.45) is 0. The van der Waals surface area contributed by atoms with Crippen LogP contribution < -0.4 is 10.6 Å². The quantitative estimate of drug-likeness (QED) is 0.834. The Morgan fingerprint density at radius 3 is 2.55 bits per heavy atom. The second-order valence-corrected chi connectivity index (χ2v) is 7.29. The molecule has 0 aliphatic rings. The van der Waals surface area contributed by atoms with E-state index in [0.717, 1.165) is 8.66 Å². The second-order valence-electron chi connectivity index (χ2n) is 4.75. The number of halogens is 1. The van der Waals surface area contributed by atoms with Crippen molar-refractivity contribution < 1.29 is 9.59 Å². The van der Waals surface area contributed by atoms with E-state index in [1.807, 2.05) is 42.3 Å². The van der Waals surface area contributed by atoms with E-state index in [0.29, 0.717) is 12.2 Å². The van der Waals surface area contributed by atoms with Crippen LogP contribution in [0.15, 0.2) is 46.3 Å². The monoisotopic (exact) mass is 381 g/mol. The number of hydrogen-bond acceptors (Lipinski definition) is 4. The highest BCUT2D eigenvalue weighted by atomic mass is 79.9. The highest BCUT2D eigenvalue weighted by molar-refractivity contribution is 9.11. The summed E-state index contributed by atoms with van der Waals surface area (Å²) in [6, 6.07) is 12.4. The van der Waals surface area contributed by atoms with E-state index in [1.54, 1.807) is 23.5 Å². The first-order valence-corrected chi connectivity index (χ1v) is 8.22. The van der Waals surface area contributed by atoms with Crippen molar-refractivity contribution in [1.29, 1.82) is 0 Å². The van der Waals surface area contributed by atoms with E-state index in [1.165, 1.54) is 0 Å². The number of nitrogens with one attached hydrogen (secondary N) is 2.